The minimum absolute atomic E-state index is 0.177. The molecule has 0 unspecified atom stereocenters. The van der Waals surface area contributed by atoms with E-state index >= 15 is 0 Å². The number of hydrogen-bond donors (Lipinski definition) is 1. The molecule has 0 saturated carbocycles. The number of aromatic nitrogens is 2. The summed E-state index contributed by atoms with van der Waals surface area (Å²) in [7, 11) is 0. The van der Waals surface area contributed by atoms with E-state index in [1.165, 1.54) is 0 Å². The molecule has 4 rings (SSSR count). The summed E-state index contributed by atoms with van der Waals surface area (Å²) < 4.78 is 7.71. The van der Waals surface area contributed by atoms with Crippen LogP contribution in [0.2, 0.25) is 5.02 Å². The number of nitrogens with one attached hydrogen (secondary N) is 1. The van der Waals surface area contributed by atoms with Gasteiger partial charge in [0.1, 0.15) is 12.4 Å². The van der Waals surface area contributed by atoms with Gasteiger partial charge in [0.15, 0.2) is 0 Å². The minimum atomic E-state index is -0.177. The van der Waals surface area contributed by atoms with Crippen LogP contribution >= 0.6 is 11.6 Å². The fourth-order valence-corrected chi connectivity index (χ4v) is 3.60. The van der Waals surface area contributed by atoms with E-state index < -0.39 is 0 Å². The fourth-order valence-electron chi connectivity index (χ4n) is 3.47. The Hall–Kier alpha value is -3.57. The van der Waals surface area contributed by atoms with Crippen molar-refractivity contribution in [3.63, 3.8) is 0 Å². The lowest BCUT2D eigenvalue weighted by Crippen LogP contribution is -2.14. The Morgan fingerprint density at radius 2 is 1.69 bits per heavy atom. The van der Waals surface area contributed by atoms with Crippen LogP contribution in [-0.4, -0.2) is 15.7 Å². The number of halogens is 1. The van der Waals surface area contributed by atoms with Crippen LogP contribution in [0.15, 0.2) is 78.9 Å². The normalized spacial score (nSPS) is 10.7. The van der Waals surface area contributed by atoms with Crippen molar-refractivity contribution in [1.29, 1.82) is 0 Å². The van der Waals surface area contributed by atoms with Crippen molar-refractivity contribution < 1.29 is 9.53 Å². The van der Waals surface area contributed by atoms with Crippen LogP contribution in [0.3, 0.4) is 0 Å². The van der Waals surface area contributed by atoms with Gasteiger partial charge >= 0.3 is 0 Å². The molecule has 0 saturated heterocycles. The number of amides is 1. The first-order valence-corrected chi connectivity index (χ1v) is 10.7. The van der Waals surface area contributed by atoms with E-state index in [2.05, 4.69) is 22.5 Å². The van der Waals surface area contributed by atoms with Crippen molar-refractivity contribution in [2.24, 2.45) is 0 Å². The molecule has 0 atom stereocenters. The third-order valence-corrected chi connectivity index (χ3v) is 5.46. The number of carbonyl (C=O) groups excluding carboxylic acids is 1. The van der Waals surface area contributed by atoms with E-state index in [1.807, 2.05) is 67.1 Å². The van der Waals surface area contributed by atoms with Crippen LogP contribution in [-0.2, 0) is 13.2 Å². The standard InChI is InChI=1S/C26H24ClN3O2/c1-18-25(19(2)30(29-18)16-20-7-4-3-5-8-20)28-26(31)22-10-6-9-21(15-22)17-32-24-13-11-23(27)12-14-24/h3-15H,16-17H2,1-2H3,(H,28,31). The molecule has 0 fully saturated rings. The van der Waals surface area contributed by atoms with Gasteiger partial charge in [0.25, 0.3) is 5.91 Å². The van der Waals surface area contributed by atoms with Crippen molar-refractivity contribution in [2.45, 2.75) is 27.0 Å². The molecule has 162 valence electrons. The topological polar surface area (TPSA) is 56.2 Å². The Balaban J connectivity index is 1.45. The molecular formula is C26H24ClN3O2. The highest BCUT2D eigenvalue weighted by molar-refractivity contribution is 6.30. The van der Waals surface area contributed by atoms with Gasteiger partial charge in [-0.25, -0.2) is 0 Å². The molecule has 1 heterocycles. The van der Waals surface area contributed by atoms with E-state index in [0.717, 1.165) is 34.0 Å². The Kier molecular flexibility index (Phi) is 6.57. The van der Waals surface area contributed by atoms with Gasteiger partial charge in [-0.2, -0.15) is 5.10 Å². The summed E-state index contributed by atoms with van der Waals surface area (Å²) in [4.78, 5) is 12.9. The number of benzene rings is 3. The predicted molar refractivity (Wildman–Crippen MR) is 127 cm³/mol. The van der Waals surface area contributed by atoms with Crippen LogP contribution in [0.5, 0.6) is 5.75 Å². The number of aryl methyl sites for hydroxylation is 1. The smallest absolute Gasteiger partial charge is 0.255 e. The van der Waals surface area contributed by atoms with Crippen molar-refractivity contribution in [1.82, 2.24) is 9.78 Å². The summed E-state index contributed by atoms with van der Waals surface area (Å²) >= 11 is 5.91. The van der Waals surface area contributed by atoms with Gasteiger partial charge in [-0.15, -0.1) is 0 Å². The zero-order valence-corrected chi connectivity index (χ0v) is 18.8. The van der Waals surface area contributed by atoms with E-state index in [1.54, 1.807) is 18.2 Å². The van der Waals surface area contributed by atoms with Gasteiger partial charge in [-0.3, -0.25) is 9.48 Å². The first kappa shape index (κ1) is 21.7. The molecule has 0 radical (unpaired) electrons. The van der Waals surface area contributed by atoms with Gasteiger partial charge in [0.2, 0.25) is 0 Å². The third-order valence-electron chi connectivity index (χ3n) is 5.20. The van der Waals surface area contributed by atoms with Crippen molar-refractivity contribution in [3.05, 3.63) is 112 Å². The zero-order valence-electron chi connectivity index (χ0n) is 18.0. The average Bonchev–Trinajstić information content (AvgIpc) is 3.07. The number of ether oxygens (including phenoxy) is 1. The van der Waals surface area contributed by atoms with Crippen LogP contribution < -0.4 is 10.1 Å². The monoisotopic (exact) mass is 445 g/mol. The van der Waals surface area contributed by atoms with Crippen LogP contribution in [0.25, 0.3) is 0 Å². The van der Waals surface area contributed by atoms with Gasteiger partial charge < -0.3 is 10.1 Å². The molecule has 5 nitrogen and oxygen atoms in total. The first-order valence-electron chi connectivity index (χ1n) is 10.4. The first-order chi connectivity index (χ1) is 15.5. The molecule has 1 aromatic heterocycles. The number of rotatable bonds is 7. The van der Waals surface area contributed by atoms with Gasteiger partial charge in [0.05, 0.1) is 23.6 Å². The summed E-state index contributed by atoms with van der Waals surface area (Å²) in [6.07, 6.45) is 0. The predicted octanol–water partition coefficient (Wildman–Crippen LogP) is 6.03. The highest BCUT2D eigenvalue weighted by Gasteiger charge is 2.16. The van der Waals surface area contributed by atoms with Gasteiger partial charge in [-0.05, 0) is 61.4 Å². The minimum Gasteiger partial charge on any atom is -0.489 e. The fraction of sp³-hybridized carbons (Fsp3) is 0.154. The van der Waals surface area contributed by atoms with Gasteiger partial charge in [-0.1, -0.05) is 54.1 Å². The third kappa shape index (κ3) is 5.18. The van der Waals surface area contributed by atoms with Crippen LogP contribution in [0, 0.1) is 13.8 Å². The lowest BCUT2D eigenvalue weighted by Gasteiger charge is -2.10. The molecule has 0 spiro atoms. The Bertz CT molecular complexity index is 1220. The van der Waals surface area contributed by atoms with Crippen molar-refractivity contribution in [3.8, 4) is 5.75 Å². The molecule has 0 aliphatic rings. The summed E-state index contributed by atoms with van der Waals surface area (Å²) in [6, 6.07) is 24.7. The molecule has 0 bridgehead atoms. The summed E-state index contributed by atoms with van der Waals surface area (Å²) in [6.45, 7) is 4.88. The molecule has 32 heavy (non-hydrogen) atoms. The second-order valence-corrected chi connectivity index (χ2v) is 8.02. The van der Waals surface area contributed by atoms with E-state index in [0.29, 0.717) is 23.7 Å². The van der Waals surface area contributed by atoms with Crippen LogP contribution in [0.4, 0.5) is 5.69 Å². The number of anilines is 1. The largest absolute Gasteiger partial charge is 0.489 e. The lowest BCUT2D eigenvalue weighted by molar-refractivity contribution is 0.102. The maximum atomic E-state index is 12.9. The maximum absolute atomic E-state index is 12.9. The van der Waals surface area contributed by atoms with Crippen molar-refractivity contribution >= 4 is 23.2 Å². The maximum Gasteiger partial charge on any atom is 0.255 e. The molecule has 1 N–H and O–H groups in total. The van der Waals surface area contributed by atoms with Crippen molar-refractivity contribution in [2.75, 3.05) is 5.32 Å². The molecule has 0 aliphatic carbocycles. The second-order valence-electron chi connectivity index (χ2n) is 7.59. The number of nitrogens with zero attached hydrogens (tertiary/aromatic N) is 2. The SMILES string of the molecule is Cc1nn(Cc2ccccc2)c(C)c1NC(=O)c1cccc(COc2ccc(Cl)cc2)c1. The van der Waals surface area contributed by atoms with Crippen LogP contribution in [0.1, 0.15) is 32.9 Å². The molecule has 3 aromatic carbocycles. The molecule has 6 heteroatoms. The molecule has 4 aromatic rings. The van der Waals surface area contributed by atoms with E-state index in [4.69, 9.17) is 16.3 Å². The molecule has 0 aliphatic heterocycles. The number of carbonyl (C=O) groups is 1. The lowest BCUT2D eigenvalue weighted by atomic mass is 10.1. The Morgan fingerprint density at radius 3 is 2.44 bits per heavy atom. The zero-order chi connectivity index (χ0) is 22.5. The Labute approximate surface area is 192 Å². The molecular weight excluding hydrogens is 422 g/mol. The average molecular weight is 446 g/mol. The Morgan fingerprint density at radius 1 is 0.969 bits per heavy atom. The molecule has 1 amide bonds. The quantitative estimate of drug-likeness (QED) is 0.377. The summed E-state index contributed by atoms with van der Waals surface area (Å²) in [5.41, 5.74) is 5.08. The second kappa shape index (κ2) is 9.71. The highest BCUT2D eigenvalue weighted by Crippen LogP contribution is 2.22. The van der Waals surface area contributed by atoms with E-state index in [9.17, 15) is 4.79 Å². The number of hydrogen-bond acceptors (Lipinski definition) is 3. The highest BCUT2D eigenvalue weighted by atomic mass is 35.5. The van der Waals surface area contributed by atoms with Gasteiger partial charge in [0, 0.05) is 10.6 Å². The van der Waals surface area contributed by atoms with E-state index in [-0.39, 0.29) is 5.91 Å². The summed E-state index contributed by atoms with van der Waals surface area (Å²) in [5.74, 6) is 0.546. The summed E-state index contributed by atoms with van der Waals surface area (Å²) in [5, 5.41) is 8.30.